The molecule has 0 aliphatic carbocycles. The first-order valence-electron chi connectivity index (χ1n) is 11.2. The number of hydrogen-bond donors (Lipinski definition) is 4. The SMILES string of the molecule is CNCc1cccc(CNC(=O)C2=CC(c3c[nH]c4ccc(Br)cc34)Nc3c2ccc(Cl)c3Cl)c1. The van der Waals surface area contributed by atoms with Crippen LogP contribution in [0.1, 0.15) is 28.3 Å². The van der Waals surface area contributed by atoms with E-state index in [-0.39, 0.29) is 11.9 Å². The number of halogens is 3. The Labute approximate surface area is 222 Å². The zero-order chi connectivity index (χ0) is 24.5. The van der Waals surface area contributed by atoms with Gasteiger partial charge in [-0.1, -0.05) is 69.5 Å². The monoisotopic (exact) mass is 568 g/mol. The highest BCUT2D eigenvalue weighted by atomic mass is 79.9. The van der Waals surface area contributed by atoms with Crippen molar-refractivity contribution in [3.63, 3.8) is 0 Å². The Hall–Kier alpha value is -2.77. The van der Waals surface area contributed by atoms with Crippen LogP contribution in [0.15, 0.2) is 71.3 Å². The highest BCUT2D eigenvalue weighted by molar-refractivity contribution is 9.10. The van der Waals surface area contributed by atoms with E-state index in [1.54, 1.807) is 6.07 Å². The summed E-state index contributed by atoms with van der Waals surface area (Å²) in [5.41, 5.74) is 6.14. The minimum Gasteiger partial charge on any atom is -0.373 e. The number of hydrogen-bond acceptors (Lipinski definition) is 3. The fourth-order valence-electron chi connectivity index (χ4n) is 4.44. The van der Waals surface area contributed by atoms with Crippen LogP contribution in [0.2, 0.25) is 10.0 Å². The number of rotatable bonds is 6. The van der Waals surface area contributed by atoms with Crippen molar-refractivity contribution in [2.75, 3.05) is 12.4 Å². The molecule has 1 aromatic heterocycles. The number of amides is 1. The summed E-state index contributed by atoms with van der Waals surface area (Å²) in [7, 11) is 1.91. The van der Waals surface area contributed by atoms with Crippen molar-refractivity contribution < 1.29 is 4.79 Å². The van der Waals surface area contributed by atoms with Gasteiger partial charge in [-0.05, 0) is 48.5 Å². The predicted molar refractivity (Wildman–Crippen MR) is 148 cm³/mol. The van der Waals surface area contributed by atoms with Gasteiger partial charge in [0.2, 0.25) is 0 Å². The van der Waals surface area contributed by atoms with Crippen LogP contribution in [0.4, 0.5) is 5.69 Å². The number of benzene rings is 3. The Morgan fingerprint density at radius 3 is 2.66 bits per heavy atom. The number of nitrogens with one attached hydrogen (secondary N) is 4. The van der Waals surface area contributed by atoms with E-state index in [1.807, 2.05) is 49.7 Å². The molecule has 1 unspecified atom stereocenters. The first-order valence-corrected chi connectivity index (χ1v) is 12.7. The number of carbonyl (C=O) groups is 1. The van der Waals surface area contributed by atoms with Gasteiger partial charge in [0.05, 0.1) is 21.8 Å². The standard InChI is InChI=1S/C27H23BrCl2N4O/c1-31-12-15-3-2-4-16(9-15)13-33-27(35)20-11-24(34-26-18(20)6-7-22(29)25(26)30)21-14-32-23-8-5-17(28)10-19(21)23/h2-11,14,24,31-32,34H,12-13H2,1H3,(H,33,35). The molecule has 178 valence electrons. The summed E-state index contributed by atoms with van der Waals surface area (Å²) in [5, 5.41) is 11.6. The minimum absolute atomic E-state index is 0.170. The van der Waals surface area contributed by atoms with Crippen molar-refractivity contribution in [3.05, 3.63) is 104 Å². The predicted octanol–water partition coefficient (Wildman–Crippen LogP) is 6.82. The third-order valence-electron chi connectivity index (χ3n) is 6.10. The molecule has 2 heterocycles. The average Bonchev–Trinajstić information content (AvgIpc) is 3.28. The van der Waals surface area contributed by atoms with Crippen LogP contribution in [0.5, 0.6) is 0 Å². The molecule has 5 rings (SSSR count). The van der Waals surface area contributed by atoms with E-state index in [2.05, 4.69) is 55.1 Å². The van der Waals surface area contributed by atoms with Crippen molar-refractivity contribution in [1.82, 2.24) is 15.6 Å². The maximum Gasteiger partial charge on any atom is 0.251 e. The molecule has 4 N–H and O–H groups in total. The molecule has 5 nitrogen and oxygen atoms in total. The minimum atomic E-state index is -0.277. The molecule has 4 aromatic rings. The van der Waals surface area contributed by atoms with Gasteiger partial charge < -0.3 is 20.9 Å². The van der Waals surface area contributed by atoms with Crippen LogP contribution in [0.25, 0.3) is 16.5 Å². The zero-order valence-corrected chi connectivity index (χ0v) is 22.0. The van der Waals surface area contributed by atoms with E-state index in [4.69, 9.17) is 23.2 Å². The topological polar surface area (TPSA) is 68.9 Å². The smallest absolute Gasteiger partial charge is 0.251 e. The van der Waals surface area contributed by atoms with Gasteiger partial charge in [0.1, 0.15) is 0 Å². The average molecular weight is 570 g/mol. The van der Waals surface area contributed by atoms with Crippen LogP contribution in [0.3, 0.4) is 0 Å². The van der Waals surface area contributed by atoms with Crippen molar-refractivity contribution in [3.8, 4) is 0 Å². The maximum atomic E-state index is 13.5. The molecule has 0 fully saturated rings. The maximum absolute atomic E-state index is 13.5. The molecule has 1 aliphatic rings. The Morgan fingerprint density at radius 2 is 1.86 bits per heavy atom. The highest BCUT2D eigenvalue weighted by Gasteiger charge is 2.28. The largest absolute Gasteiger partial charge is 0.373 e. The van der Waals surface area contributed by atoms with Gasteiger partial charge in [-0.15, -0.1) is 0 Å². The lowest BCUT2D eigenvalue weighted by Crippen LogP contribution is -2.27. The van der Waals surface area contributed by atoms with E-state index in [0.717, 1.165) is 44.2 Å². The summed E-state index contributed by atoms with van der Waals surface area (Å²) in [5.74, 6) is -0.170. The lowest BCUT2D eigenvalue weighted by Gasteiger charge is -2.27. The molecule has 8 heteroatoms. The Morgan fingerprint density at radius 1 is 1.06 bits per heavy atom. The summed E-state index contributed by atoms with van der Waals surface area (Å²) in [6, 6.07) is 17.5. The zero-order valence-electron chi connectivity index (χ0n) is 18.9. The summed E-state index contributed by atoms with van der Waals surface area (Å²) >= 11 is 16.5. The summed E-state index contributed by atoms with van der Waals surface area (Å²) in [4.78, 5) is 16.8. The van der Waals surface area contributed by atoms with Crippen LogP contribution < -0.4 is 16.0 Å². The second-order valence-corrected chi connectivity index (χ2v) is 10.2. The molecule has 1 atom stereocenters. The van der Waals surface area contributed by atoms with Crippen molar-refractivity contribution in [2.45, 2.75) is 19.1 Å². The molecular weight excluding hydrogens is 547 g/mol. The van der Waals surface area contributed by atoms with Crippen LogP contribution in [0, 0.1) is 0 Å². The second-order valence-electron chi connectivity index (χ2n) is 8.45. The molecule has 3 aromatic carbocycles. The van der Waals surface area contributed by atoms with Crippen LogP contribution >= 0.6 is 39.1 Å². The number of aromatic nitrogens is 1. The summed E-state index contributed by atoms with van der Waals surface area (Å²) < 4.78 is 0.977. The number of anilines is 1. The van der Waals surface area contributed by atoms with E-state index in [0.29, 0.717) is 27.9 Å². The van der Waals surface area contributed by atoms with Gasteiger partial charge in [0, 0.05) is 51.4 Å². The van der Waals surface area contributed by atoms with E-state index in [1.165, 1.54) is 0 Å². The van der Waals surface area contributed by atoms with Crippen LogP contribution in [-0.2, 0) is 17.9 Å². The normalized spacial score (nSPS) is 14.9. The second kappa shape index (κ2) is 10.1. The molecule has 1 amide bonds. The molecule has 0 saturated carbocycles. The van der Waals surface area contributed by atoms with E-state index in [9.17, 15) is 4.79 Å². The lowest BCUT2D eigenvalue weighted by atomic mass is 9.92. The lowest BCUT2D eigenvalue weighted by molar-refractivity contribution is -0.115. The Bertz CT molecular complexity index is 1460. The summed E-state index contributed by atoms with van der Waals surface area (Å²) in [6.45, 7) is 1.19. The first-order chi connectivity index (χ1) is 16.9. The Kier molecular flexibility index (Phi) is 6.89. The van der Waals surface area contributed by atoms with Crippen molar-refractivity contribution in [2.24, 2.45) is 0 Å². The molecular formula is C27H23BrCl2N4O. The molecule has 35 heavy (non-hydrogen) atoms. The highest BCUT2D eigenvalue weighted by Crippen LogP contribution is 2.43. The van der Waals surface area contributed by atoms with Gasteiger partial charge in [0.25, 0.3) is 5.91 Å². The van der Waals surface area contributed by atoms with Gasteiger partial charge in [0.15, 0.2) is 0 Å². The first kappa shape index (κ1) is 23.9. The number of carbonyl (C=O) groups excluding carboxylic acids is 1. The third-order valence-corrected chi connectivity index (χ3v) is 7.40. The van der Waals surface area contributed by atoms with Gasteiger partial charge in [-0.2, -0.15) is 0 Å². The van der Waals surface area contributed by atoms with Crippen molar-refractivity contribution >= 4 is 67.2 Å². The van der Waals surface area contributed by atoms with E-state index < -0.39 is 0 Å². The van der Waals surface area contributed by atoms with Gasteiger partial charge >= 0.3 is 0 Å². The van der Waals surface area contributed by atoms with Crippen molar-refractivity contribution in [1.29, 1.82) is 0 Å². The van der Waals surface area contributed by atoms with E-state index >= 15 is 0 Å². The fraction of sp³-hybridized carbons (Fsp3) is 0.148. The van der Waals surface area contributed by atoms with Gasteiger partial charge in [-0.25, -0.2) is 0 Å². The number of aromatic amines is 1. The molecule has 0 spiro atoms. The third kappa shape index (κ3) is 4.84. The molecule has 0 bridgehead atoms. The molecule has 1 aliphatic heterocycles. The summed E-state index contributed by atoms with van der Waals surface area (Å²) in [6.07, 6.45) is 3.90. The van der Waals surface area contributed by atoms with Gasteiger partial charge in [-0.3, -0.25) is 4.79 Å². The molecule has 0 saturated heterocycles. The van der Waals surface area contributed by atoms with Crippen LogP contribution in [-0.4, -0.2) is 17.9 Å². The fourth-order valence-corrected chi connectivity index (χ4v) is 5.18. The molecule has 0 radical (unpaired) electrons. The quantitative estimate of drug-likeness (QED) is 0.206. The number of H-pyrrole nitrogens is 1. The number of fused-ring (bicyclic) bond motifs is 2. The Balaban J connectivity index is 1.50.